The maximum atomic E-state index is 11.3. The van der Waals surface area contributed by atoms with E-state index in [-0.39, 0.29) is 5.56 Å². The molecule has 0 saturated heterocycles. The van der Waals surface area contributed by atoms with Gasteiger partial charge in [-0.3, -0.25) is 4.79 Å². The Kier molecular flexibility index (Phi) is 1.27. The molecule has 5 nitrogen and oxygen atoms in total. The molecule has 0 aliphatic rings. The van der Waals surface area contributed by atoms with E-state index in [9.17, 15) is 4.79 Å². The third-order valence-corrected chi connectivity index (χ3v) is 1.69. The van der Waals surface area contributed by atoms with Crippen LogP contribution in [-0.2, 0) is 0 Å². The molecule has 0 fully saturated rings. The van der Waals surface area contributed by atoms with E-state index < -0.39 is 0 Å². The fourth-order valence-electron chi connectivity index (χ4n) is 1.12. The second-order valence-electron chi connectivity index (χ2n) is 2.64. The number of nitrogens with zero attached hydrogens (tertiary/aromatic N) is 3. The summed E-state index contributed by atoms with van der Waals surface area (Å²) in [5.41, 5.74) is 0.334. The average molecular weight is 164 g/mol. The van der Waals surface area contributed by atoms with Crippen LogP contribution in [0.5, 0.6) is 0 Å². The minimum atomic E-state index is -0.150. The number of H-pyrrole nitrogens is 1. The molecule has 2 aromatic heterocycles. The molecule has 2 rings (SSSR count). The molecule has 62 valence electrons. The maximum absolute atomic E-state index is 11.3. The van der Waals surface area contributed by atoms with Crippen LogP contribution in [0.1, 0.15) is 11.6 Å². The molecular weight excluding hydrogens is 156 g/mol. The molecule has 12 heavy (non-hydrogen) atoms. The summed E-state index contributed by atoms with van der Waals surface area (Å²) in [5, 5.41) is 4.09. The van der Waals surface area contributed by atoms with Crippen LogP contribution in [0.4, 0.5) is 0 Å². The molecule has 0 unspecified atom stereocenters. The Hall–Kier alpha value is -1.65. The summed E-state index contributed by atoms with van der Waals surface area (Å²) < 4.78 is 1.54. The van der Waals surface area contributed by atoms with E-state index in [1.807, 2.05) is 0 Å². The van der Waals surface area contributed by atoms with Crippen molar-refractivity contribution >= 4 is 5.52 Å². The van der Waals surface area contributed by atoms with E-state index in [0.29, 0.717) is 11.3 Å². The van der Waals surface area contributed by atoms with Crippen molar-refractivity contribution in [2.75, 3.05) is 0 Å². The van der Waals surface area contributed by atoms with Gasteiger partial charge in [-0.15, -0.1) is 0 Å². The van der Waals surface area contributed by atoms with Crippen LogP contribution in [0.2, 0.25) is 0 Å². The molecule has 2 aromatic rings. The minimum absolute atomic E-state index is 0.150. The molecule has 0 aliphatic carbocycles. The number of hydrogen-bond acceptors (Lipinski definition) is 3. The van der Waals surface area contributed by atoms with E-state index in [1.165, 1.54) is 10.7 Å². The van der Waals surface area contributed by atoms with E-state index in [4.69, 9.17) is 0 Å². The summed E-state index contributed by atoms with van der Waals surface area (Å²) in [7, 11) is 0. The smallest absolute Gasteiger partial charge is 0.276 e. The SMILES string of the molecule is Cc1nn2c(C)ncc2c(=O)[nH]1. The van der Waals surface area contributed by atoms with E-state index >= 15 is 0 Å². The minimum Gasteiger partial charge on any atom is -0.307 e. The Labute approximate surface area is 68.1 Å². The summed E-state index contributed by atoms with van der Waals surface area (Å²) in [6.07, 6.45) is 1.51. The number of rotatable bonds is 0. The summed E-state index contributed by atoms with van der Waals surface area (Å²) in [5.74, 6) is 1.31. The zero-order chi connectivity index (χ0) is 8.72. The van der Waals surface area contributed by atoms with Crippen molar-refractivity contribution in [3.63, 3.8) is 0 Å². The molecule has 0 saturated carbocycles. The lowest BCUT2D eigenvalue weighted by atomic mass is 10.6. The van der Waals surface area contributed by atoms with Crippen LogP contribution in [0.25, 0.3) is 5.52 Å². The largest absolute Gasteiger partial charge is 0.307 e. The van der Waals surface area contributed by atoms with Crippen molar-refractivity contribution in [3.05, 3.63) is 28.2 Å². The van der Waals surface area contributed by atoms with Crippen molar-refractivity contribution in [1.82, 2.24) is 19.6 Å². The predicted molar refractivity (Wildman–Crippen MR) is 43.1 cm³/mol. The number of aryl methyl sites for hydroxylation is 2. The summed E-state index contributed by atoms with van der Waals surface area (Å²) >= 11 is 0. The molecule has 1 N–H and O–H groups in total. The van der Waals surface area contributed by atoms with Crippen LogP contribution < -0.4 is 5.56 Å². The predicted octanol–water partition coefficient (Wildman–Crippen LogP) is 0.0344. The zero-order valence-corrected chi connectivity index (χ0v) is 6.83. The van der Waals surface area contributed by atoms with Gasteiger partial charge in [-0.1, -0.05) is 0 Å². The van der Waals surface area contributed by atoms with Crippen LogP contribution >= 0.6 is 0 Å². The first-order valence-corrected chi connectivity index (χ1v) is 3.60. The first-order valence-electron chi connectivity index (χ1n) is 3.60. The zero-order valence-electron chi connectivity index (χ0n) is 6.83. The average Bonchev–Trinajstić information content (AvgIpc) is 2.33. The molecule has 2 heterocycles. The molecule has 0 radical (unpaired) electrons. The van der Waals surface area contributed by atoms with Crippen molar-refractivity contribution in [2.45, 2.75) is 13.8 Å². The van der Waals surface area contributed by atoms with Crippen LogP contribution in [0, 0.1) is 13.8 Å². The van der Waals surface area contributed by atoms with Gasteiger partial charge in [0.2, 0.25) is 0 Å². The Bertz CT molecular complexity index is 482. The summed E-state index contributed by atoms with van der Waals surface area (Å²) in [4.78, 5) is 17.8. The molecular formula is C7H8N4O. The Morgan fingerprint density at radius 2 is 2.25 bits per heavy atom. The van der Waals surface area contributed by atoms with Gasteiger partial charge in [0.15, 0.2) is 5.52 Å². The number of fused-ring (bicyclic) bond motifs is 1. The molecule has 0 aromatic carbocycles. The lowest BCUT2D eigenvalue weighted by Crippen LogP contribution is -2.14. The third-order valence-electron chi connectivity index (χ3n) is 1.69. The van der Waals surface area contributed by atoms with Gasteiger partial charge in [0.05, 0.1) is 6.20 Å². The monoisotopic (exact) mass is 164 g/mol. The molecule has 0 atom stereocenters. The van der Waals surface area contributed by atoms with Gasteiger partial charge in [-0.25, -0.2) is 9.50 Å². The highest BCUT2D eigenvalue weighted by molar-refractivity contribution is 5.41. The number of aromatic amines is 1. The summed E-state index contributed by atoms with van der Waals surface area (Å²) in [6.45, 7) is 3.54. The van der Waals surface area contributed by atoms with Crippen molar-refractivity contribution in [3.8, 4) is 0 Å². The molecule has 0 amide bonds. The maximum Gasteiger partial charge on any atom is 0.276 e. The van der Waals surface area contributed by atoms with Crippen molar-refractivity contribution < 1.29 is 0 Å². The van der Waals surface area contributed by atoms with Crippen LogP contribution in [0.3, 0.4) is 0 Å². The van der Waals surface area contributed by atoms with Gasteiger partial charge in [0.1, 0.15) is 11.6 Å². The number of aromatic nitrogens is 4. The van der Waals surface area contributed by atoms with Crippen LogP contribution in [-0.4, -0.2) is 19.6 Å². The van der Waals surface area contributed by atoms with Gasteiger partial charge in [-0.05, 0) is 13.8 Å². The van der Waals surface area contributed by atoms with Crippen molar-refractivity contribution in [2.24, 2.45) is 0 Å². The van der Waals surface area contributed by atoms with Gasteiger partial charge < -0.3 is 4.98 Å². The fourth-order valence-corrected chi connectivity index (χ4v) is 1.12. The normalized spacial score (nSPS) is 10.8. The second kappa shape index (κ2) is 2.17. The first-order chi connectivity index (χ1) is 5.68. The molecule has 0 spiro atoms. The van der Waals surface area contributed by atoms with E-state index in [0.717, 1.165) is 5.82 Å². The first kappa shape index (κ1) is 7.02. The van der Waals surface area contributed by atoms with Gasteiger partial charge in [-0.2, -0.15) is 5.10 Å². The third kappa shape index (κ3) is 0.827. The lowest BCUT2D eigenvalue weighted by molar-refractivity contribution is 0.807. The number of nitrogens with one attached hydrogen (secondary N) is 1. The Morgan fingerprint density at radius 3 is 3.00 bits per heavy atom. The molecule has 0 aliphatic heterocycles. The number of hydrogen-bond donors (Lipinski definition) is 1. The standard InChI is InChI=1S/C7H8N4O/c1-4-9-7(12)6-3-8-5(2)11(6)10-4/h3H,1-2H3,(H,9,10,12). The second-order valence-corrected chi connectivity index (χ2v) is 2.64. The van der Waals surface area contributed by atoms with Gasteiger partial charge in [0, 0.05) is 0 Å². The highest BCUT2D eigenvalue weighted by atomic mass is 16.1. The quantitative estimate of drug-likeness (QED) is 0.597. The molecule has 0 bridgehead atoms. The molecule has 5 heteroatoms. The lowest BCUT2D eigenvalue weighted by Gasteiger charge is -1.95. The highest BCUT2D eigenvalue weighted by Crippen LogP contribution is 1.96. The van der Waals surface area contributed by atoms with Gasteiger partial charge in [0.25, 0.3) is 5.56 Å². The number of imidazole rings is 1. The Morgan fingerprint density at radius 1 is 1.50 bits per heavy atom. The fraction of sp³-hybridized carbons (Fsp3) is 0.286. The topological polar surface area (TPSA) is 63.1 Å². The Balaban J connectivity index is 3.03. The van der Waals surface area contributed by atoms with E-state index in [2.05, 4.69) is 15.1 Å². The van der Waals surface area contributed by atoms with Crippen molar-refractivity contribution in [1.29, 1.82) is 0 Å². The summed E-state index contributed by atoms with van der Waals surface area (Å²) in [6, 6.07) is 0. The van der Waals surface area contributed by atoms with E-state index in [1.54, 1.807) is 13.8 Å². The highest BCUT2D eigenvalue weighted by Gasteiger charge is 2.03. The van der Waals surface area contributed by atoms with Gasteiger partial charge >= 0.3 is 0 Å². The van der Waals surface area contributed by atoms with Crippen LogP contribution in [0.15, 0.2) is 11.0 Å².